The van der Waals surface area contributed by atoms with Gasteiger partial charge in [0.2, 0.25) is 23.6 Å². The van der Waals surface area contributed by atoms with E-state index in [9.17, 15) is 19.2 Å². The highest BCUT2D eigenvalue weighted by Crippen LogP contribution is 2.23. The molecule has 0 aliphatic rings. The number of nitrogens with zero attached hydrogens (tertiary/aromatic N) is 3. The van der Waals surface area contributed by atoms with Crippen molar-refractivity contribution < 1.29 is 24.3 Å². The number of amides is 4. The van der Waals surface area contributed by atoms with E-state index < -0.39 is 0 Å². The molecule has 0 spiro atoms. The van der Waals surface area contributed by atoms with Crippen molar-refractivity contribution >= 4 is 58.0 Å². The highest BCUT2D eigenvalue weighted by Gasteiger charge is 2.18. The minimum absolute atomic E-state index is 0.00467. The molecule has 4 rings (SSSR count). The van der Waals surface area contributed by atoms with Crippen LogP contribution in [0.3, 0.4) is 0 Å². The maximum Gasteiger partial charge on any atom is 0.239 e. The van der Waals surface area contributed by atoms with E-state index in [2.05, 4.69) is 65.0 Å². The van der Waals surface area contributed by atoms with Gasteiger partial charge in [0.05, 0.1) is 19.6 Å². The fraction of sp³-hybridized carbons (Fsp3) is 0.576. The molecule has 4 amide bonds. The quantitative estimate of drug-likeness (QED) is 0.0168. The Morgan fingerprint density at radius 2 is 0.866 bits per heavy atom. The Labute approximate surface area is 501 Å². The number of carbonyl (C=O) groups is 4. The van der Waals surface area contributed by atoms with E-state index in [0.717, 1.165) is 132 Å². The van der Waals surface area contributed by atoms with Gasteiger partial charge in [-0.05, 0) is 246 Å². The van der Waals surface area contributed by atoms with Gasteiger partial charge in [-0.25, -0.2) is 0 Å². The number of halogens is 1. The molecule has 460 valence electrons. The predicted molar refractivity (Wildman–Crippen MR) is 349 cm³/mol. The third-order valence-corrected chi connectivity index (χ3v) is 14.4. The molecular formula is C66H109ClN10O5. The number of nitrogens with one attached hydrogen (secondary N) is 7. The van der Waals surface area contributed by atoms with Crippen molar-refractivity contribution in [2.24, 2.45) is 11.8 Å². The fourth-order valence-corrected chi connectivity index (χ4v) is 9.91. The van der Waals surface area contributed by atoms with E-state index in [4.69, 9.17) is 16.7 Å². The van der Waals surface area contributed by atoms with E-state index in [1.54, 1.807) is 6.92 Å². The third kappa shape index (κ3) is 33.2. The van der Waals surface area contributed by atoms with E-state index in [-0.39, 0.29) is 36.1 Å². The first kappa shape index (κ1) is 74.8. The van der Waals surface area contributed by atoms with Crippen molar-refractivity contribution in [3.63, 3.8) is 0 Å². The van der Waals surface area contributed by atoms with Crippen LogP contribution >= 0.6 is 11.6 Å². The highest BCUT2D eigenvalue weighted by atomic mass is 35.5. The standard InChI is InChI=1S/C42H62N6O3.C12H29N3.C10H12ClNO.C2H6O/c1-30-21-22-37(35(6)25-30)43-38(49)27-46(7)23-11-10-19-36(26-48(9)29-40(51)45-42-33(4)17-13-18-34(42)5)20-14-24-47(8)28-39(50)44-41-31(2)15-12-16-32(41)3;1-13-9-5-4-7-12(11-15-3)8-6-10-14-2;1-7-4-3-5-8(2)10(7)12-9(13)6-11;1-2-3/h12-13,15-18,21-22,25,36H,10-11,14,19-20,23-24,26-29H2,1-9H3,(H,43,49)(H,44,50)(H,45,51);12-15H,4-11H2,1-3H3;3-5H,6H2,1-2H3,(H,12,13);3H,2H2,1H3. The SMILES string of the molecule is CCO.CNCCCCC(CCCNC)CNC.Cc1ccc(NC(=O)CN(C)CCCCC(CCCN(C)CC(=O)Nc2c(C)cccc2C)CN(C)CC(=O)Nc2c(C)cccc2C)c(C)c1.Cc1cccc(C)c1NC(=O)CCl. The molecule has 0 aliphatic heterocycles. The smallest absolute Gasteiger partial charge is 0.239 e. The van der Waals surface area contributed by atoms with Gasteiger partial charge in [-0.1, -0.05) is 85.1 Å². The molecule has 2 atom stereocenters. The number of alkyl halides is 1. The monoisotopic (exact) mass is 1160 g/mol. The number of likely N-dealkylation sites (N-methyl/N-ethyl adjacent to an activating group) is 3. The third-order valence-electron chi connectivity index (χ3n) is 14.2. The molecule has 2 unspecified atom stereocenters. The lowest BCUT2D eigenvalue weighted by atomic mass is 9.95. The van der Waals surface area contributed by atoms with Crippen LogP contribution in [-0.2, 0) is 19.2 Å². The number of aliphatic hydroxyl groups is 1. The molecule has 82 heavy (non-hydrogen) atoms. The highest BCUT2D eigenvalue weighted by molar-refractivity contribution is 6.29. The molecule has 0 fully saturated rings. The number of aliphatic hydroxyl groups excluding tert-OH is 1. The molecule has 4 aromatic rings. The first-order valence-electron chi connectivity index (χ1n) is 29.7. The van der Waals surface area contributed by atoms with Crippen LogP contribution in [0.5, 0.6) is 0 Å². The van der Waals surface area contributed by atoms with Gasteiger partial charge in [-0.2, -0.15) is 0 Å². The minimum atomic E-state index is -0.168. The number of hydrogen-bond acceptors (Lipinski definition) is 11. The van der Waals surface area contributed by atoms with Crippen LogP contribution in [0.2, 0.25) is 0 Å². The van der Waals surface area contributed by atoms with Gasteiger partial charge in [-0.3, -0.25) is 33.9 Å². The second-order valence-electron chi connectivity index (χ2n) is 22.2. The van der Waals surface area contributed by atoms with Crippen molar-refractivity contribution in [2.45, 2.75) is 127 Å². The zero-order valence-corrected chi connectivity index (χ0v) is 54.0. The van der Waals surface area contributed by atoms with Crippen LogP contribution in [-0.4, -0.2) is 157 Å². The summed E-state index contributed by atoms with van der Waals surface area (Å²) in [6.45, 7) is 24.9. The number of aryl methyl sites for hydroxylation is 8. The first-order chi connectivity index (χ1) is 39.1. The molecule has 0 bridgehead atoms. The summed E-state index contributed by atoms with van der Waals surface area (Å²) < 4.78 is 0. The molecule has 0 heterocycles. The van der Waals surface area contributed by atoms with Gasteiger partial charge in [0, 0.05) is 35.9 Å². The number of para-hydroxylation sites is 3. The van der Waals surface area contributed by atoms with E-state index in [1.165, 1.54) is 44.2 Å². The lowest BCUT2D eigenvalue weighted by molar-refractivity contribution is -0.118. The van der Waals surface area contributed by atoms with Crippen LogP contribution in [0.4, 0.5) is 22.7 Å². The van der Waals surface area contributed by atoms with E-state index in [1.807, 2.05) is 157 Å². The Balaban J connectivity index is 0.000000874. The molecule has 4 aromatic carbocycles. The molecule has 0 aliphatic carbocycles. The molecule has 8 N–H and O–H groups in total. The maximum absolute atomic E-state index is 13.0. The van der Waals surface area contributed by atoms with Crippen molar-refractivity contribution in [1.29, 1.82) is 0 Å². The minimum Gasteiger partial charge on any atom is -0.397 e. The maximum atomic E-state index is 13.0. The number of unbranched alkanes of at least 4 members (excludes halogenated alkanes) is 2. The van der Waals surface area contributed by atoms with Crippen molar-refractivity contribution in [1.82, 2.24) is 30.7 Å². The van der Waals surface area contributed by atoms with Gasteiger partial charge in [0.25, 0.3) is 0 Å². The number of anilines is 4. The van der Waals surface area contributed by atoms with Crippen LogP contribution in [0.15, 0.2) is 72.8 Å². The molecule has 0 saturated carbocycles. The van der Waals surface area contributed by atoms with Crippen molar-refractivity contribution in [3.05, 3.63) is 117 Å². The Hall–Kier alpha value is -5.23. The van der Waals surface area contributed by atoms with Crippen molar-refractivity contribution in [3.8, 4) is 0 Å². The number of rotatable bonds is 33. The summed E-state index contributed by atoms with van der Waals surface area (Å²) in [5, 5.41) is 29.3. The second-order valence-corrected chi connectivity index (χ2v) is 22.5. The summed E-state index contributed by atoms with van der Waals surface area (Å²) in [5.74, 6) is 1.07. The number of carbonyl (C=O) groups excluding carboxylic acids is 4. The summed E-state index contributed by atoms with van der Waals surface area (Å²) >= 11 is 5.39. The first-order valence-corrected chi connectivity index (χ1v) is 30.3. The average molecular weight is 1160 g/mol. The van der Waals surface area contributed by atoms with Crippen LogP contribution in [0.25, 0.3) is 0 Å². The molecule has 15 nitrogen and oxygen atoms in total. The van der Waals surface area contributed by atoms with E-state index >= 15 is 0 Å². The largest absolute Gasteiger partial charge is 0.397 e. The molecular weight excluding hydrogens is 1050 g/mol. The summed E-state index contributed by atoms with van der Waals surface area (Å²) in [6, 6.07) is 24.0. The van der Waals surface area contributed by atoms with Crippen LogP contribution in [0, 0.1) is 67.2 Å². The van der Waals surface area contributed by atoms with Crippen LogP contribution in [0.1, 0.15) is 116 Å². The summed E-state index contributed by atoms with van der Waals surface area (Å²) in [5.41, 5.74) is 12.1. The summed E-state index contributed by atoms with van der Waals surface area (Å²) in [4.78, 5) is 55.9. The molecule has 16 heteroatoms. The lowest BCUT2D eigenvalue weighted by Gasteiger charge is -2.25. The molecule has 0 radical (unpaired) electrons. The average Bonchev–Trinajstić information content (AvgIpc) is 3.47. The zero-order chi connectivity index (χ0) is 61.4. The van der Waals surface area contributed by atoms with Crippen LogP contribution < -0.4 is 37.2 Å². The Kier molecular flexibility index (Phi) is 40.4. The Bertz CT molecular complexity index is 2380. The lowest BCUT2D eigenvalue weighted by Crippen LogP contribution is -2.35. The predicted octanol–water partition coefficient (Wildman–Crippen LogP) is 10.8. The Morgan fingerprint density at radius 3 is 1.32 bits per heavy atom. The summed E-state index contributed by atoms with van der Waals surface area (Å²) in [7, 11) is 12.1. The van der Waals surface area contributed by atoms with Gasteiger partial charge in [0.15, 0.2) is 0 Å². The van der Waals surface area contributed by atoms with Gasteiger partial charge >= 0.3 is 0 Å². The molecule has 0 saturated heterocycles. The van der Waals surface area contributed by atoms with Gasteiger partial charge in [-0.15, -0.1) is 11.6 Å². The second kappa shape index (κ2) is 44.3. The topological polar surface area (TPSA) is 182 Å². The summed E-state index contributed by atoms with van der Waals surface area (Å²) in [6.07, 6.45) is 11.7. The fourth-order valence-electron chi connectivity index (χ4n) is 9.84. The zero-order valence-electron chi connectivity index (χ0n) is 53.2. The normalized spacial score (nSPS) is 11.6. The van der Waals surface area contributed by atoms with Gasteiger partial charge < -0.3 is 42.3 Å². The Morgan fingerprint density at radius 1 is 0.476 bits per heavy atom. The van der Waals surface area contributed by atoms with E-state index in [0.29, 0.717) is 25.6 Å². The number of hydrogen-bond donors (Lipinski definition) is 8. The number of benzene rings is 4. The van der Waals surface area contributed by atoms with Gasteiger partial charge in [0.1, 0.15) is 5.88 Å². The molecule has 0 aromatic heterocycles. The van der Waals surface area contributed by atoms with Crippen molar-refractivity contribution in [2.75, 3.05) is 135 Å².